The summed E-state index contributed by atoms with van der Waals surface area (Å²) in [4.78, 5) is 12.1. The normalized spacial score (nSPS) is 11.4. The van der Waals surface area contributed by atoms with Gasteiger partial charge in [-0.2, -0.15) is 0 Å². The molecule has 0 aromatic heterocycles. The highest BCUT2D eigenvalue weighted by molar-refractivity contribution is 5.94. The van der Waals surface area contributed by atoms with Crippen molar-refractivity contribution in [2.75, 3.05) is 20.3 Å². The monoisotopic (exact) mass is 293 g/mol. The van der Waals surface area contributed by atoms with Gasteiger partial charge in [-0.15, -0.1) is 0 Å². The molecule has 0 spiro atoms. The Morgan fingerprint density at radius 3 is 2.86 bits per heavy atom. The van der Waals surface area contributed by atoms with Crippen LogP contribution in [0.1, 0.15) is 35.7 Å². The molecular weight excluding hydrogens is 273 g/mol. The maximum Gasteiger partial charge on any atom is 0.254 e. The minimum absolute atomic E-state index is 0.0262. The highest BCUT2D eigenvalue weighted by atomic mass is 19.1. The Labute approximate surface area is 124 Å². The molecule has 1 unspecified atom stereocenters. The first-order chi connectivity index (χ1) is 10.1. The maximum atomic E-state index is 13.9. The van der Waals surface area contributed by atoms with Crippen molar-refractivity contribution < 1.29 is 19.0 Å². The summed E-state index contributed by atoms with van der Waals surface area (Å²) in [6.45, 7) is 2.10. The van der Waals surface area contributed by atoms with Crippen molar-refractivity contribution in [2.45, 2.75) is 25.8 Å². The van der Waals surface area contributed by atoms with Crippen LogP contribution >= 0.6 is 0 Å². The second-order valence-electron chi connectivity index (χ2n) is 4.57. The molecule has 0 fully saturated rings. The Hall–Kier alpha value is -1.90. The third kappa shape index (κ3) is 5.54. The number of hydrogen-bond donors (Lipinski definition) is 2. The molecule has 1 aromatic rings. The van der Waals surface area contributed by atoms with Crippen LogP contribution in [0.15, 0.2) is 18.2 Å². The van der Waals surface area contributed by atoms with Crippen molar-refractivity contribution in [1.82, 2.24) is 5.32 Å². The van der Waals surface area contributed by atoms with Gasteiger partial charge in [0.05, 0.1) is 18.2 Å². The molecule has 0 aliphatic heterocycles. The first kappa shape index (κ1) is 17.2. The van der Waals surface area contributed by atoms with Crippen molar-refractivity contribution in [3.63, 3.8) is 0 Å². The van der Waals surface area contributed by atoms with E-state index in [0.717, 1.165) is 12.8 Å². The molecule has 0 saturated heterocycles. The number of benzene rings is 1. The third-order valence-corrected chi connectivity index (χ3v) is 2.87. The number of ether oxygens (including phenoxy) is 1. The first-order valence-electron chi connectivity index (χ1n) is 6.81. The van der Waals surface area contributed by atoms with Gasteiger partial charge in [-0.1, -0.05) is 25.2 Å². The molecule has 0 aliphatic carbocycles. The van der Waals surface area contributed by atoms with Gasteiger partial charge in [-0.25, -0.2) is 4.39 Å². The minimum atomic E-state index is -0.634. The quantitative estimate of drug-likeness (QED) is 0.785. The molecule has 1 aromatic carbocycles. The number of amides is 1. The van der Waals surface area contributed by atoms with Gasteiger partial charge in [-0.05, 0) is 24.6 Å². The zero-order valence-corrected chi connectivity index (χ0v) is 12.3. The van der Waals surface area contributed by atoms with Crippen LogP contribution in [0.25, 0.3) is 0 Å². The zero-order chi connectivity index (χ0) is 15.7. The number of aliphatic hydroxyl groups is 1. The van der Waals surface area contributed by atoms with Crippen LogP contribution in [0, 0.1) is 17.7 Å². The van der Waals surface area contributed by atoms with Gasteiger partial charge < -0.3 is 15.2 Å². The van der Waals surface area contributed by atoms with Gasteiger partial charge in [0.1, 0.15) is 12.4 Å². The molecule has 0 heterocycles. The number of carbonyl (C=O) groups is 1. The molecule has 0 bridgehead atoms. The maximum absolute atomic E-state index is 13.9. The van der Waals surface area contributed by atoms with E-state index in [1.165, 1.54) is 12.1 Å². The second-order valence-corrected chi connectivity index (χ2v) is 4.57. The van der Waals surface area contributed by atoms with E-state index in [9.17, 15) is 9.18 Å². The molecule has 0 aliphatic rings. The molecular formula is C16H20FNO3. The van der Waals surface area contributed by atoms with Gasteiger partial charge in [0, 0.05) is 12.7 Å². The number of rotatable bonds is 6. The van der Waals surface area contributed by atoms with Gasteiger partial charge in [-0.3, -0.25) is 4.79 Å². The summed E-state index contributed by atoms with van der Waals surface area (Å²) in [5, 5.41) is 11.4. The molecule has 4 nitrogen and oxygen atoms in total. The standard InChI is InChI=1S/C16H20FNO3/c1-3-5-13(11-21-2)18-16(20)14-8-7-12(6-4-9-19)10-15(14)17/h7-8,10,13,19H,3,5,9,11H2,1-2H3,(H,18,20). The zero-order valence-electron chi connectivity index (χ0n) is 12.3. The lowest BCUT2D eigenvalue weighted by Crippen LogP contribution is -2.38. The summed E-state index contributed by atoms with van der Waals surface area (Å²) in [5.41, 5.74) is 0.391. The molecule has 2 N–H and O–H groups in total. The molecule has 1 rings (SSSR count). The van der Waals surface area contributed by atoms with Gasteiger partial charge >= 0.3 is 0 Å². The molecule has 1 atom stereocenters. The number of carbonyl (C=O) groups excluding carboxylic acids is 1. The fourth-order valence-corrected chi connectivity index (χ4v) is 1.93. The van der Waals surface area contributed by atoms with Crippen molar-refractivity contribution in [3.8, 4) is 11.8 Å². The molecule has 0 saturated carbocycles. The molecule has 114 valence electrons. The van der Waals surface area contributed by atoms with E-state index in [1.807, 2.05) is 6.92 Å². The molecule has 1 amide bonds. The largest absolute Gasteiger partial charge is 0.384 e. The lowest BCUT2D eigenvalue weighted by Gasteiger charge is -2.17. The van der Waals surface area contributed by atoms with Crippen molar-refractivity contribution in [3.05, 3.63) is 35.1 Å². The Kier molecular flexibility index (Phi) is 7.44. The number of hydrogen-bond acceptors (Lipinski definition) is 3. The average molecular weight is 293 g/mol. The lowest BCUT2D eigenvalue weighted by molar-refractivity contribution is 0.0887. The molecule has 21 heavy (non-hydrogen) atoms. The third-order valence-electron chi connectivity index (χ3n) is 2.87. The van der Waals surface area contributed by atoms with Gasteiger partial charge in [0.15, 0.2) is 0 Å². The highest BCUT2D eigenvalue weighted by Gasteiger charge is 2.16. The van der Waals surface area contributed by atoms with Crippen molar-refractivity contribution in [2.24, 2.45) is 0 Å². The van der Waals surface area contributed by atoms with E-state index in [-0.39, 0.29) is 18.2 Å². The average Bonchev–Trinajstić information content (AvgIpc) is 2.45. The summed E-state index contributed by atoms with van der Waals surface area (Å²) in [6, 6.07) is 3.98. The van der Waals surface area contributed by atoms with Crippen LogP contribution in [0.3, 0.4) is 0 Å². The van der Waals surface area contributed by atoms with Crippen LogP contribution in [-0.2, 0) is 4.74 Å². The predicted molar refractivity (Wildman–Crippen MR) is 78.4 cm³/mol. The van der Waals surface area contributed by atoms with E-state index in [2.05, 4.69) is 17.2 Å². The minimum Gasteiger partial charge on any atom is -0.384 e. The summed E-state index contributed by atoms with van der Waals surface area (Å²) in [6.07, 6.45) is 1.66. The summed E-state index contributed by atoms with van der Waals surface area (Å²) in [7, 11) is 1.56. The van der Waals surface area contributed by atoms with Crippen molar-refractivity contribution >= 4 is 5.91 Å². The Morgan fingerprint density at radius 2 is 2.29 bits per heavy atom. The first-order valence-corrected chi connectivity index (χ1v) is 6.81. The topological polar surface area (TPSA) is 58.6 Å². The van der Waals surface area contributed by atoms with Crippen LogP contribution in [0.4, 0.5) is 4.39 Å². The Bertz CT molecular complexity index is 528. The van der Waals surface area contributed by atoms with Crippen molar-refractivity contribution in [1.29, 1.82) is 0 Å². The smallest absolute Gasteiger partial charge is 0.254 e. The van der Waals surface area contributed by atoms with Crippen LogP contribution in [-0.4, -0.2) is 37.4 Å². The van der Waals surface area contributed by atoms with E-state index in [0.29, 0.717) is 12.2 Å². The molecule has 0 radical (unpaired) electrons. The SMILES string of the molecule is CCCC(COC)NC(=O)c1ccc(C#CCO)cc1F. The van der Waals surface area contributed by atoms with E-state index in [4.69, 9.17) is 9.84 Å². The fraction of sp³-hybridized carbons (Fsp3) is 0.438. The summed E-state index contributed by atoms with van der Waals surface area (Å²) >= 11 is 0. The number of aliphatic hydroxyl groups excluding tert-OH is 1. The fourth-order valence-electron chi connectivity index (χ4n) is 1.93. The van der Waals surface area contributed by atoms with Crippen LogP contribution < -0.4 is 5.32 Å². The molecule has 5 heteroatoms. The van der Waals surface area contributed by atoms with E-state index >= 15 is 0 Å². The van der Waals surface area contributed by atoms with E-state index < -0.39 is 11.7 Å². The Balaban J connectivity index is 2.82. The van der Waals surface area contributed by atoms with Gasteiger partial charge in [0.2, 0.25) is 0 Å². The van der Waals surface area contributed by atoms with Crippen LogP contribution in [0.5, 0.6) is 0 Å². The van der Waals surface area contributed by atoms with Gasteiger partial charge in [0.25, 0.3) is 5.91 Å². The lowest BCUT2D eigenvalue weighted by atomic mass is 10.1. The second kappa shape index (κ2) is 9.11. The predicted octanol–water partition coefficient (Wildman–Crippen LogP) is 1.71. The summed E-state index contributed by atoms with van der Waals surface area (Å²) in [5.74, 6) is 3.92. The van der Waals surface area contributed by atoms with E-state index in [1.54, 1.807) is 13.2 Å². The number of halogens is 1. The highest BCUT2D eigenvalue weighted by Crippen LogP contribution is 2.11. The Morgan fingerprint density at radius 1 is 1.52 bits per heavy atom. The summed E-state index contributed by atoms with van der Waals surface area (Å²) < 4.78 is 19.0. The van der Waals surface area contributed by atoms with Crippen LogP contribution in [0.2, 0.25) is 0 Å². The number of methoxy groups -OCH3 is 1. The number of nitrogens with one attached hydrogen (secondary N) is 1.